The standard InChI is InChI=1S/C24H25N3O3/c1-24(2)20-13-19(30-3)10-11-21(20)27(22(24)18-5-4-12-25-14-18)15-16-6-8-17(9-7-16)23(28)26-29/h4-14,22,29H,15H2,1-3H3,(H,26,28). The van der Waals surface area contributed by atoms with Gasteiger partial charge in [-0.1, -0.05) is 32.0 Å². The van der Waals surface area contributed by atoms with Crippen molar-refractivity contribution in [1.82, 2.24) is 10.5 Å². The fourth-order valence-corrected chi connectivity index (χ4v) is 4.42. The molecule has 6 nitrogen and oxygen atoms in total. The van der Waals surface area contributed by atoms with Crippen molar-refractivity contribution in [2.24, 2.45) is 0 Å². The Morgan fingerprint density at radius 1 is 1.20 bits per heavy atom. The van der Waals surface area contributed by atoms with E-state index < -0.39 is 5.91 Å². The Kier molecular flexibility index (Phi) is 5.18. The Hall–Kier alpha value is -3.38. The summed E-state index contributed by atoms with van der Waals surface area (Å²) in [7, 11) is 1.68. The smallest absolute Gasteiger partial charge is 0.274 e. The van der Waals surface area contributed by atoms with Gasteiger partial charge in [-0.2, -0.15) is 0 Å². The van der Waals surface area contributed by atoms with E-state index in [4.69, 9.17) is 9.94 Å². The summed E-state index contributed by atoms with van der Waals surface area (Å²) in [5.74, 6) is 0.322. The van der Waals surface area contributed by atoms with E-state index in [1.807, 2.05) is 30.5 Å². The maximum Gasteiger partial charge on any atom is 0.274 e. The molecule has 0 saturated heterocycles. The maximum absolute atomic E-state index is 11.6. The van der Waals surface area contributed by atoms with Crippen LogP contribution < -0.4 is 15.1 Å². The average molecular weight is 403 g/mol. The highest BCUT2D eigenvalue weighted by molar-refractivity contribution is 5.93. The fraction of sp³-hybridized carbons (Fsp3) is 0.250. The van der Waals surface area contributed by atoms with E-state index in [1.54, 1.807) is 30.9 Å². The van der Waals surface area contributed by atoms with E-state index in [-0.39, 0.29) is 11.5 Å². The van der Waals surface area contributed by atoms with Crippen molar-refractivity contribution in [3.05, 3.63) is 89.2 Å². The normalized spacial score (nSPS) is 16.8. The molecule has 1 atom stereocenters. The van der Waals surface area contributed by atoms with Crippen LogP contribution in [0.1, 0.15) is 46.9 Å². The number of rotatable bonds is 5. The number of pyridine rings is 1. The van der Waals surface area contributed by atoms with Crippen LogP contribution in [0.15, 0.2) is 67.0 Å². The highest BCUT2D eigenvalue weighted by Crippen LogP contribution is 2.53. The molecule has 0 fully saturated rings. The van der Waals surface area contributed by atoms with E-state index in [2.05, 4.69) is 41.9 Å². The number of aromatic nitrogens is 1. The van der Waals surface area contributed by atoms with Crippen LogP contribution in [0.5, 0.6) is 5.75 Å². The molecular weight excluding hydrogens is 378 g/mol. The molecular formula is C24H25N3O3. The number of carbonyl (C=O) groups excluding carboxylic acids is 1. The van der Waals surface area contributed by atoms with Crippen LogP contribution >= 0.6 is 0 Å². The third-order valence-electron chi connectivity index (χ3n) is 5.87. The minimum Gasteiger partial charge on any atom is -0.497 e. The highest BCUT2D eigenvalue weighted by atomic mass is 16.5. The van der Waals surface area contributed by atoms with Crippen molar-refractivity contribution in [1.29, 1.82) is 0 Å². The van der Waals surface area contributed by atoms with Gasteiger partial charge in [-0.15, -0.1) is 0 Å². The second kappa shape index (κ2) is 7.80. The molecule has 154 valence electrons. The number of fused-ring (bicyclic) bond motifs is 1. The minimum absolute atomic E-state index is 0.0914. The molecule has 2 aromatic carbocycles. The van der Waals surface area contributed by atoms with Crippen LogP contribution in [-0.4, -0.2) is 23.2 Å². The SMILES string of the molecule is COc1ccc2c(c1)C(C)(C)C(c1cccnc1)N2Cc1ccc(C(=O)NO)cc1. The molecule has 6 heteroatoms. The number of amides is 1. The molecule has 0 aliphatic carbocycles. The average Bonchev–Trinajstić information content (AvgIpc) is 3.00. The summed E-state index contributed by atoms with van der Waals surface area (Å²) in [5, 5.41) is 8.83. The Labute approximate surface area is 176 Å². The van der Waals surface area contributed by atoms with Crippen LogP contribution in [0.2, 0.25) is 0 Å². The Bertz CT molecular complexity index is 1050. The molecule has 0 radical (unpaired) electrons. The van der Waals surface area contributed by atoms with Gasteiger partial charge in [-0.3, -0.25) is 15.0 Å². The lowest BCUT2D eigenvalue weighted by molar-refractivity contribution is 0.0706. The number of benzene rings is 2. The van der Waals surface area contributed by atoms with E-state index in [9.17, 15) is 4.79 Å². The largest absolute Gasteiger partial charge is 0.497 e. The first-order valence-corrected chi connectivity index (χ1v) is 9.84. The van der Waals surface area contributed by atoms with Crippen molar-refractivity contribution < 1.29 is 14.7 Å². The predicted octanol–water partition coefficient (Wildman–Crippen LogP) is 4.25. The molecule has 0 spiro atoms. The van der Waals surface area contributed by atoms with Gasteiger partial charge in [0.05, 0.1) is 13.2 Å². The zero-order valence-electron chi connectivity index (χ0n) is 17.3. The summed E-state index contributed by atoms with van der Waals surface area (Å²) in [5.41, 5.74) is 6.52. The molecule has 2 heterocycles. The molecule has 0 bridgehead atoms. The zero-order valence-corrected chi connectivity index (χ0v) is 17.3. The van der Waals surface area contributed by atoms with Gasteiger partial charge in [0.2, 0.25) is 0 Å². The molecule has 1 amide bonds. The highest BCUT2D eigenvalue weighted by Gasteiger charge is 2.45. The van der Waals surface area contributed by atoms with E-state index in [0.29, 0.717) is 12.1 Å². The number of ether oxygens (including phenoxy) is 1. The monoisotopic (exact) mass is 403 g/mol. The van der Waals surface area contributed by atoms with E-state index >= 15 is 0 Å². The summed E-state index contributed by atoms with van der Waals surface area (Å²) in [6.07, 6.45) is 3.72. The van der Waals surface area contributed by atoms with Gasteiger partial charge in [0.1, 0.15) is 5.75 Å². The van der Waals surface area contributed by atoms with Crippen molar-refractivity contribution in [3.8, 4) is 5.75 Å². The van der Waals surface area contributed by atoms with Gasteiger partial charge < -0.3 is 9.64 Å². The predicted molar refractivity (Wildman–Crippen MR) is 115 cm³/mol. The van der Waals surface area contributed by atoms with Crippen molar-refractivity contribution in [2.45, 2.75) is 31.8 Å². The molecule has 2 N–H and O–H groups in total. The number of nitrogens with zero attached hydrogens (tertiary/aromatic N) is 2. The number of nitrogens with one attached hydrogen (secondary N) is 1. The second-order valence-electron chi connectivity index (χ2n) is 8.06. The summed E-state index contributed by atoms with van der Waals surface area (Å²) >= 11 is 0. The van der Waals surface area contributed by atoms with Gasteiger partial charge in [-0.25, -0.2) is 5.48 Å². The first-order valence-electron chi connectivity index (χ1n) is 9.84. The molecule has 1 aliphatic rings. The van der Waals surface area contributed by atoms with Gasteiger partial charge in [0.15, 0.2) is 0 Å². The quantitative estimate of drug-likeness (QED) is 0.492. The lowest BCUT2D eigenvalue weighted by Crippen LogP contribution is -2.33. The minimum atomic E-state index is -0.519. The number of hydrogen-bond acceptors (Lipinski definition) is 5. The van der Waals surface area contributed by atoms with Crippen molar-refractivity contribution >= 4 is 11.6 Å². The molecule has 3 aromatic rings. The van der Waals surface area contributed by atoms with Crippen LogP contribution in [0.25, 0.3) is 0 Å². The number of hydroxylamine groups is 1. The summed E-state index contributed by atoms with van der Waals surface area (Å²) in [4.78, 5) is 18.4. The maximum atomic E-state index is 11.6. The van der Waals surface area contributed by atoms with Gasteiger partial charge in [0.25, 0.3) is 5.91 Å². The number of hydrogen-bond donors (Lipinski definition) is 2. The Morgan fingerprint density at radius 3 is 2.60 bits per heavy atom. The van der Waals surface area contributed by atoms with Gasteiger partial charge in [0, 0.05) is 35.6 Å². The molecule has 4 rings (SSSR count). The molecule has 0 saturated carbocycles. The first kappa shape index (κ1) is 19.9. The third-order valence-corrected chi connectivity index (χ3v) is 5.87. The van der Waals surface area contributed by atoms with Crippen LogP contribution in [-0.2, 0) is 12.0 Å². The van der Waals surface area contributed by atoms with Gasteiger partial charge >= 0.3 is 0 Å². The lowest BCUT2D eigenvalue weighted by atomic mass is 9.78. The molecule has 30 heavy (non-hydrogen) atoms. The lowest BCUT2D eigenvalue weighted by Gasteiger charge is -2.35. The van der Waals surface area contributed by atoms with Crippen LogP contribution in [0.4, 0.5) is 5.69 Å². The topological polar surface area (TPSA) is 74.7 Å². The molecule has 1 aliphatic heterocycles. The van der Waals surface area contributed by atoms with Crippen molar-refractivity contribution in [2.75, 3.05) is 12.0 Å². The van der Waals surface area contributed by atoms with Gasteiger partial charge in [-0.05, 0) is 53.1 Å². The summed E-state index contributed by atoms with van der Waals surface area (Å²) in [6.45, 7) is 5.17. The van der Waals surface area contributed by atoms with E-state index in [1.165, 1.54) is 5.56 Å². The van der Waals surface area contributed by atoms with Crippen molar-refractivity contribution in [3.63, 3.8) is 0 Å². The van der Waals surface area contributed by atoms with E-state index in [0.717, 1.165) is 22.6 Å². The first-order chi connectivity index (χ1) is 14.5. The fourth-order valence-electron chi connectivity index (χ4n) is 4.42. The molecule has 1 unspecified atom stereocenters. The summed E-state index contributed by atoms with van der Waals surface area (Å²) in [6, 6.07) is 17.7. The Morgan fingerprint density at radius 2 is 1.97 bits per heavy atom. The summed E-state index contributed by atoms with van der Waals surface area (Å²) < 4.78 is 5.48. The number of carbonyl (C=O) groups is 1. The van der Waals surface area contributed by atoms with Crippen LogP contribution in [0.3, 0.4) is 0 Å². The third kappa shape index (κ3) is 3.39. The number of anilines is 1. The zero-order chi connectivity index (χ0) is 21.3. The Balaban J connectivity index is 1.76. The molecule has 1 aromatic heterocycles. The van der Waals surface area contributed by atoms with Crippen LogP contribution in [0, 0.1) is 0 Å². The second-order valence-corrected chi connectivity index (χ2v) is 8.06. The number of methoxy groups -OCH3 is 1.